The second-order valence-electron chi connectivity index (χ2n) is 6.35. The van der Waals surface area contributed by atoms with Crippen molar-refractivity contribution >= 4 is 35.2 Å². The number of thioether (sulfide) groups is 2. The van der Waals surface area contributed by atoms with E-state index in [1.165, 1.54) is 29.9 Å². The first-order chi connectivity index (χ1) is 11.3. The molecule has 2 heterocycles. The molecule has 1 N–H and O–H groups in total. The highest BCUT2D eigenvalue weighted by atomic mass is 32.2. The molecular weight excluding hydrogens is 324 g/mol. The fourth-order valence-electron chi connectivity index (χ4n) is 3.23. The molecule has 0 saturated carbocycles. The van der Waals surface area contributed by atoms with Gasteiger partial charge in [0.1, 0.15) is 0 Å². The maximum Gasteiger partial charge on any atom is 0.321 e. The van der Waals surface area contributed by atoms with Crippen molar-refractivity contribution in [2.45, 2.75) is 37.2 Å². The van der Waals surface area contributed by atoms with Gasteiger partial charge in [-0.15, -0.1) is 23.5 Å². The normalized spacial score (nSPS) is 22.8. The number of rotatable bonds is 3. The average molecular weight is 351 g/mol. The van der Waals surface area contributed by atoms with Crippen LogP contribution in [0, 0.1) is 5.92 Å². The van der Waals surface area contributed by atoms with Gasteiger partial charge in [-0.2, -0.15) is 0 Å². The lowest BCUT2D eigenvalue weighted by atomic mass is 9.96. The molecule has 23 heavy (non-hydrogen) atoms. The van der Waals surface area contributed by atoms with Crippen LogP contribution in [0.25, 0.3) is 0 Å². The molecule has 2 saturated heterocycles. The van der Waals surface area contributed by atoms with Gasteiger partial charge in [0, 0.05) is 18.8 Å². The zero-order valence-electron chi connectivity index (χ0n) is 13.8. The van der Waals surface area contributed by atoms with Crippen molar-refractivity contribution in [2.24, 2.45) is 5.92 Å². The summed E-state index contributed by atoms with van der Waals surface area (Å²) < 4.78 is 0.514. The number of likely N-dealkylation sites (tertiary alicyclic amines) is 1. The highest BCUT2D eigenvalue weighted by molar-refractivity contribution is 8.16. The van der Waals surface area contributed by atoms with Crippen LogP contribution in [0.15, 0.2) is 24.3 Å². The first-order valence-electron chi connectivity index (χ1n) is 8.65. The fourth-order valence-corrected chi connectivity index (χ4v) is 6.10. The molecule has 0 radical (unpaired) electrons. The summed E-state index contributed by atoms with van der Waals surface area (Å²) in [5.41, 5.74) is 2.25. The molecule has 2 amide bonds. The second-order valence-corrected chi connectivity index (χ2v) is 9.07. The largest absolute Gasteiger partial charge is 0.324 e. The molecule has 2 aliphatic rings. The van der Waals surface area contributed by atoms with E-state index in [1.807, 2.05) is 34.5 Å². The second kappa shape index (κ2) is 8.34. The van der Waals surface area contributed by atoms with Crippen molar-refractivity contribution in [1.29, 1.82) is 0 Å². The topological polar surface area (TPSA) is 32.3 Å². The van der Waals surface area contributed by atoms with Crippen molar-refractivity contribution < 1.29 is 4.79 Å². The molecular formula is C18H26N2OS2. The molecule has 0 spiro atoms. The maximum absolute atomic E-state index is 12.5. The Kier molecular flexibility index (Phi) is 6.17. The van der Waals surface area contributed by atoms with E-state index in [2.05, 4.69) is 30.4 Å². The van der Waals surface area contributed by atoms with E-state index in [1.54, 1.807) is 0 Å². The van der Waals surface area contributed by atoms with E-state index in [4.69, 9.17) is 0 Å². The number of hydrogen-bond donors (Lipinski definition) is 1. The molecule has 0 unspecified atom stereocenters. The fraction of sp³-hybridized carbons (Fsp3) is 0.611. The number of urea groups is 1. The summed E-state index contributed by atoms with van der Waals surface area (Å²) in [5, 5.41) is 3.10. The van der Waals surface area contributed by atoms with Gasteiger partial charge in [-0.3, -0.25) is 0 Å². The molecule has 1 aromatic rings. The summed E-state index contributed by atoms with van der Waals surface area (Å²) in [6, 6.07) is 8.45. The predicted molar refractivity (Wildman–Crippen MR) is 102 cm³/mol. The minimum absolute atomic E-state index is 0.0595. The zero-order chi connectivity index (χ0) is 16.1. The summed E-state index contributed by atoms with van der Waals surface area (Å²) in [5.74, 6) is 3.14. The minimum atomic E-state index is 0.0595. The van der Waals surface area contributed by atoms with Gasteiger partial charge in [-0.25, -0.2) is 4.79 Å². The van der Waals surface area contributed by atoms with E-state index < -0.39 is 0 Å². The van der Waals surface area contributed by atoms with Crippen molar-refractivity contribution in [3.63, 3.8) is 0 Å². The Hall–Kier alpha value is -0.810. The third-order valence-corrected chi connectivity index (χ3v) is 7.64. The number of benzene rings is 1. The van der Waals surface area contributed by atoms with Crippen molar-refractivity contribution in [1.82, 2.24) is 4.90 Å². The maximum atomic E-state index is 12.5. The lowest BCUT2D eigenvalue weighted by Gasteiger charge is -2.32. The average Bonchev–Trinajstić information content (AvgIpc) is 2.63. The van der Waals surface area contributed by atoms with Crippen molar-refractivity contribution in [2.75, 3.05) is 29.9 Å². The molecule has 1 aromatic carbocycles. The Morgan fingerprint density at radius 1 is 1.30 bits per heavy atom. The Bertz CT molecular complexity index is 532. The molecule has 3 rings (SSSR count). The van der Waals surface area contributed by atoms with Crippen LogP contribution in [0.2, 0.25) is 0 Å². The highest BCUT2D eigenvalue weighted by Crippen LogP contribution is 2.44. The number of nitrogens with one attached hydrogen (secondary N) is 1. The van der Waals surface area contributed by atoms with Crippen LogP contribution >= 0.6 is 23.5 Å². The van der Waals surface area contributed by atoms with Gasteiger partial charge in [0.05, 0.1) is 4.58 Å². The Balaban J connectivity index is 1.61. The highest BCUT2D eigenvalue weighted by Gasteiger charge is 2.23. The smallest absolute Gasteiger partial charge is 0.321 e. The molecule has 2 fully saturated rings. The van der Waals surface area contributed by atoms with Crippen LogP contribution in [0.4, 0.5) is 10.5 Å². The lowest BCUT2D eigenvalue weighted by molar-refractivity contribution is 0.176. The van der Waals surface area contributed by atoms with Gasteiger partial charge >= 0.3 is 6.03 Å². The number of carbonyl (C=O) groups is 1. The van der Waals surface area contributed by atoms with Gasteiger partial charge in [-0.05, 0) is 54.4 Å². The van der Waals surface area contributed by atoms with E-state index in [0.717, 1.165) is 31.6 Å². The summed E-state index contributed by atoms with van der Waals surface area (Å²) >= 11 is 4.03. The predicted octanol–water partition coefficient (Wildman–Crippen LogP) is 5.21. The SMILES string of the molecule is CC[C@H]1CCCN(C(=O)Nc2cccc(C3SCCCS3)c2)C1. The van der Waals surface area contributed by atoms with Gasteiger partial charge in [0.2, 0.25) is 0 Å². The van der Waals surface area contributed by atoms with Crippen LogP contribution in [-0.4, -0.2) is 35.5 Å². The van der Waals surface area contributed by atoms with Crippen LogP contribution in [0.5, 0.6) is 0 Å². The van der Waals surface area contributed by atoms with E-state index in [9.17, 15) is 4.79 Å². The number of carbonyl (C=O) groups excluding carboxylic acids is 1. The molecule has 0 bridgehead atoms. The van der Waals surface area contributed by atoms with Crippen LogP contribution in [0.1, 0.15) is 42.8 Å². The Morgan fingerprint density at radius 2 is 2.13 bits per heavy atom. The minimum Gasteiger partial charge on any atom is -0.324 e. The molecule has 2 aliphatic heterocycles. The van der Waals surface area contributed by atoms with Gasteiger partial charge in [0.15, 0.2) is 0 Å². The summed E-state index contributed by atoms with van der Waals surface area (Å²) in [6.07, 6.45) is 4.85. The molecule has 126 valence electrons. The Labute approximate surface area is 148 Å². The first-order valence-corrected chi connectivity index (χ1v) is 10.7. The number of hydrogen-bond acceptors (Lipinski definition) is 3. The Morgan fingerprint density at radius 3 is 2.91 bits per heavy atom. The van der Waals surface area contributed by atoms with Crippen molar-refractivity contribution in [3.8, 4) is 0 Å². The van der Waals surface area contributed by atoms with Gasteiger partial charge in [-0.1, -0.05) is 25.5 Å². The molecule has 0 aromatic heterocycles. The molecule has 1 atom stereocenters. The first kappa shape index (κ1) is 17.0. The van der Waals surface area contributed by atoms with E-state index in [-0.39, 0.29) is 6.03 Å². The van der Waals surface area contributed by atoms with Crippen LogP contribution in [-0.2, 0) is 0 Å². The van der Waals surface area contributed by atoms with Crippen LogP contribution in [0.3, 0.4) is 0 Å². The third-order valence-electron chi connectivity index (χ3n) is 4.62. The molecule has 3 nitrogen and oxygen atoms in total. The quantitative estimate of drug-likeness (QED) is 0.812. The summed E-state index contributed by atoms with van der Waals surface area (Å²) in [6.45, 7) is 4.00. The number of piperidine rings is 1. The number of nitrogens with zero attached hydrogens (tertiary/aromatic N) is 1. The van der Waals surface area contributed by atoms with E-state index in [0.29, 0.717) is 10.5 Å². The summed E-state index contributed by atoms with van der Waals surface area (Å²) in [4.78, 5) is 14.5. The van der Waals surface area contributed by atoms with Crippen LogP contribution < -0.4 is 5.32 Å². The van der Waals surface area contributed by atoms with Gasteiger partial charge < -0.3 is 10.2 Å². The van der Waals surface area contributed by atoms with Gasteiger partial charge in [0.25, 0.3) is 0 Å². The number of anilines is 1. The molecule has 0 aliphatic carbocycles. The standard InChI is InChI=1S/C18H26N2OS2/c1-2-14-6-4-9-20(13-14)18(21)19-16-8-3-7-15(12-16)17-22-10-5-11-23-17/h3,7-8,12,14,17H,2,4-6,9-11,13H2,1H3,(H,19,21)/t14-/m0/s1. The molecule has 5 heteroatoms. The third kappa shape index (κ3) is 4.60. The zero-order valence-corrected chi connectivity index (χ0v) is 15.4. The number of amides is 2. The monoisotopic (exact) mass is 350 g/mol. The summed E-state index contributed by atoms with van der Waals surface area (Å²) in [7, 11) is 0. The lowest BCUT2D eigenvalue weighted by Crippen LogP contribution is -2.42. The van der Waals surface area contributed by atoms with E-state index >= 15 is 0 Å². The van der Waals surface area contributed by atoms with Crippen molar-refractivity contribution in [3.05, 3.63) is 29.8 Å².